The van der Waals surface area contributed by atoms with Gasteiger partial charge in [0.2, 0.25) is 5.78 Å². The number of aryl methyl sites for hydroxylation is 1. The quantitative estimate of drug-likeness (QED) is 0.740. The number of amides is 1. The Bertz CT molecular complexity index is 792. The number of carbonyl (C=O) groups excluding carboxylic acids is 2. The van der Waals surface area contributed by atoms with E-state index in [2.05, 4.69) is 0 Å². The molecule has 0 aliphatic rings. The largest absolute Gasteiger partial charge is 0.455 e. The van der Waals surface area contributed by atoms with Crippen LogP contribution in [0.25, 0.3) is 11.0 Å². The van der Waals surface area contributed by atoms with Crippen molar-refractivity contribution in [3.05, 3.63) is 59.2 Å². The summed E-state index contributed by atoms with van der Waals surface area (Å²) in [5.74, 6) is -0.552. The molecule has 0 saturated heterocycles. The monoisotopic (exact) mass is 269 g/mol. The van der Waals surface area contributed by atoms with Crippen molar-refractivity contribution in [3.63, 3.8) is 0 Å². The minimum atomic E-state index is -0.711. The number of carbonyl (C=O) groups is 2. The molecule has 5 heteroatoms. The average molecular weight is 269 g/mol. The molecule has 5 nitrogen and oxygen atoms in total. The van der Waals surface area contributed by atoms with Crippen LogP contribution in [0.4, 0.5) is 0 Å². The minimum Gasteiger partial charge on any atom is -0.455 e. The molecule has 2 heterocycles. The van der Waals surface area contributed by atoms with Crippen molar-refractivity contribution in [1.29, 1.82) is 0 Å². The zero-order valence-electron chi connectivity index (χ0n) is 10.7. The van der Waals surface area contributed by atoms with Gasteiger partial charge in [0.05, 0.1) is 5.56 Å². The Morgan fingerprint density at radius 1 is 1.05 bits per heavy atom. The predicted molar refractivity (Wildman–Crippen MR) is 71.6 cm³/mol. The van der Waals surface area contributed by atoms with E-state index in [1.165, 1.54) is 6.07 Å². The molecule has 0 atom stereocenters. The van der Waals surface area contributed by atoms with Crippen molar-refractivity contribution >= 4 is 22.7 Å². The highest BCUT2D eigenvalue weighted by Crippen LogP contribution is 2.23. The third-order valence-electron chi connectivity index (χ3n) is 3.05. The first kappa shape index (κ1) is 12.2. The Balaban J connectivity index is 2.05. The van der Waals surface area contributed by atoms with Crippen LogP contribution in [-0.4, -0.2) is 11.7 Å². The summed E-state index contributed by atoms with van der Waals surface area (Å²) < 4.78 is 10.7. The number of rotatable bonds is 3. The lowest BCUT2D eigenvalue weighted by atomic mass is 10.1. The summed E-state index contributed by atoms with van der Waals surface area (Å²) >= 11 is 0. The third-order valence-corrected chi connectivity index (χ3v) is 3.05. The summed E-state index contributed by atoms with van der Waals surface area (Å²) in [5.41, 5.74) is 6.04. The van der Waals surface area contributed by atoms with Gasteiger partial charge >= 0.3 is 0 Å². The number of furan rings is 2. The molecule has 0 spiro atoms. The van der Waals surface area contributed by atoms with E-state index in [1.54, 1.807) is 19.1 Å². The van der Waals surface area contributed by atoms with Gasteiger partial charge in [-0.3, -0.25) is 9.59 Å². The summed E-state index contributed by atoms with van der Waals surface area (Å²) in [6.45, 7) is 1.60. The minimum absolute atomic E-state index is 0.0399. The number of hydrogen-bond donors (Lipinski definition) is 1. The lowest BCUT2D eigenvalue weighted by Gasteiger charge is -1.93. The van der Waals surface area contributed by atoms with Crippen molar-refractivity contribution in [2.45, 2.75) is 6.92 Å². The first-order valence-electron chi connectivity index (χ1n) is 6.00. The van der Waals surface area contributed by atoms with Gasteiger partial charge < -0.3 is 14.6 Å². The average Bonchev–Trinajstić information content (AvgIpc) is 3.01. The standard InChI is InChI=1S/C15H11NO4/c1-8-10(7-13(19-8)15(16)18)14(17)12-6-9-4-2-3-5-11(9)20-12/h2-7H,1H3,(H2,16,18). The van der Waals surface area contributed by atoms with Gasteiger partial charge in [-0.05, 0) is 19.1 Å². The van der Waals surface area contributed by atoms with Crippen molar-refractivity contribution in [2.75, 3.05) is 0 Å². The molecule has 20 heavy (non-hydrogen) atoms. The van der Waals surface area contributed by atoms with Crippen molar-refractivity contribution < 1.29 is 18.4 Å². The molecular weight excluding hydrogens is 258 g/mol. The maximum Gasteiger partial charge on any atom is 0.284 e. The summed E-state index contributed by atoms with van der Waals surface area (Å²) in [5, 5.41) is 0.840. The number of nitrogens with two attached hydrogens (primary N) is 1. The second-order valence-corrected chi connectivity index (χ2v) is 4.42. The summed E-state index contributed by atoms with van der Waals surface area (Å²) in [6.07, 6.45) is 0. The number of benzene rings is 1. The van der Waals surface area contributed by atoms with E-state index in [9.17, 15) is 9.59 Å². The Morgan fingerprint density at radius 3 is 2.45 bits per heavy atom. The topological polar surface area (TPSA) is 86.4 Å². The number of hydrogen-bond acceptors (Lipinski definition) is 4. The zero-order chi connectivity index (χ0) is 14.3. The Kier molecular flexibility index (Phi) is 2.68. The van der Waals surface area contributed by atoms with Gasteiger partial charge in [0, 0.05) is 11.5 Å². The molecule has 1 amide bonds. The first-order chi connectivity index (χ1) is 9.56. The van der Waals surface area contributed by atoms with E-state index in [0.717, 1.165) is 5.39 Å². The number of ketones is 1. The highest BCUT2D eigenvalue weighted by molar-refractivity contribution is 6.10. The molecule has 1 aromatic carbocycles. The SMILES string of the molecule is Cc1oc(C(N)=O)cc1C(=O)c1cc2ccccc2o1. The number of primary amides is 1. The molecule has 0 bridgehead atoms. The predicted octanol–water partition coefficient (Wildman–Crippen LogP) is 2.66. The lowest BCUT2D eigenvalue weighted by molar-refractivity contribution is 0.0970. The maximum absolute atomic E-state index is 12.4. The zero-order valence-corrected chi connectivity index (χ0v) is 10.7. The fraction of sp³-hybridized carbons (Fsp3) is 0.0667. The molecule has 0 aliphatic carbocycles. The number of fused-ring (bicyclic) bond motifs is 1. The number of para-hydroxylation sites is 1. The van der Waals surface area contributed by atoms with Gasteiger partial charge in [0.1, 0.15) is 11.3 Å². The molecule has 0 fully saturated rings. The van der Waals surface area contributed by atoms with Crippen LogP contribution in [0.1, 0.15) is 32.4 Å². The molecule has 3 rings (SSSR count). The molecule has 0 aliphatic heterocycles. The fourth-order valence-corrected chi connectivity index (χ4v) is 2.06. The van der Waals surface area contributed by atoms with Gasteiger partial charge in [-0.1, -0.05) is 18.2 Å². The molecule has 2 aromatic heterocycles. The first-order valence-corrected chi connectivity index (χ1v) is 6.00. The highest BCUT2D eigenvalue weighted by atomic mass is 16.4. The van der Waals surface area contributed by atoms with Gasteiger partial charge in [-0.25, -0.2) is 0 Å². The van der Waals surface area contributed by atoms with Crippen LogP contribution in [0.2, 0.25) is 0 Å². The van der Waals surface area contributed by atoms with E-state index in [4.69, 9.17) is 14.6 Å². The third kappa shape index (κ3) is 1.89. The van der Waals surface area contributed by atoms with E-state index < -0.39 is 5.91 Å². The smallest absolute Gasteiger partial charge is 0.284 e. The molecule has 0 radical (unpaired) electrons. The lowest BCUT2D eigenvalue weighted by Crippen LogP contribution is -2.09. The molecule has 0 saturated carbocycles. The van der Waals surface area contributed by atoms with Crippen LogP contribution in [-0.2, 0) is 0 Å². The summed E-state index contributed by atoms with van der Waals surface area (Å²) in [7, 11) is 0. The van der Waals surface area contributed by atoms with Crippen LogP contribution in [0.5, 0.6) is 0 Å². The van der Waals surface area contributed by atoms with Crippen molar-refractivity contribution in [2.24, 2.45) is 5.73 Å². The Hall–Kier alpha value is -2.82. The van der Waals surface area contributed by atoms with Crippen LogP contribution in [0.3, 0.4) is 0 Å². The van der Waals surface area contributed by atoms with Crippen LogP contribution >= 0.6 is 0 Å². The Labute approximate surface area is 114 Å². The fourth-order valence-electron chi connectivity index (χ4n) is 2.06. The van der Waals surface area contributed by atoms with E-state index in [-0.39, 0.29) is 22.9 Å². The van der Waals surface area contributed by atoms with E-state index in [0.29, 0.717) is 11.3 Å². The van der Waals surface area contributed by atoms with E-state index >= 15 is 0 Å². The normalized spacial score (nSPS) is 10.8. The summed E-state index contributed by atoms with van der Waals surface area (Å²) in [4.78, 5) is 23.4. The summed E-state index contributed by atoms with van der Waals surface area (Å²) in [6, 6.07) is 10.3. The Morgan fingerprint density at radius 2 is 1.80 bits per heavy atom. The highest BCUT2D eigenvalue weighted by Gasteiger charge is 2.21. The van der Waals surface area contributed by atoms with Crippen LogP contribution < -0.4 is 5.73 Å². The van der Waals surface area contributed by atoms with Crippen molar-refractivity contribution in [3.8, 4) is 0 Å². The van der Waals surface area contributed by atoms with Crippen molar-refractivity contribution in [1.82, 2.24) is 0 Å². The molecule has 3 aromatic rings. The van der Waals surface area contributed by atoms with Gasteiger partial charge in [-0.2, -0.15) is 0 Å². The van der Waals surface area contributed by atoms with Crippen LogP contribution in [0, 0.1) is 6.92 Å². The maximum atomic E-state index is 12.4. The molecule has 100 valence electrons. The van der Waals surface area contributed by atoms with Crippen LogP contribution in [0.15, 0.2) is 45.2 Å². The second-order valence-electron chi connectivity index (χ2n) is 4.42. The molecule has 2 N–H and O–H groups in total. The van der Waals surface area contributed by atoms with Gasteiger partial charge in [-0.15, -0.1) is 0 Å². The van der Waals surface area contributed by atoms with Gasteiger partial charge in [0.25, 0.3) is 5.91 Å². The molecule has 0 unspecified atom stereocenters. The van der Waals surface area contributed by atoms with E-state index in [1.807, 2.05) is 18.2 Å². The van der Waals surface area contributed by atoms with Gasteiger partial charge in [0.15, 0.2) is 11.5 Å². The molecular formula is C15H11NO4. The second kappa shape index (κ2) is 4.38.